The number of phenols is 1. The summed E-state index contributed by atoms with van der Waals surface area (Å²) < 4.78 is 0. The Morgan fingerprint density at radius 3 is 1.84 bits per heavy atom. The van der Waals surface area contributed by atoms with Crippen LogP contribution in [0, 0.1) is 5.92 Å². The summed E-state index contributed by atoms with van der Waals surface area (Å²) in [6.07, 6.45) is 7.69. The first kappa shape index (κ1) is 47.4. The number of carbonyl (C=O) groups excluding carboxylic acids is 5. The summed E-state index contributed by atoms with van der Waals surface area (Å²) in [4.78, 5) is 87.1. The molecule has 1 aromatic heterocycles. The zero-order valence-corrected chi connectivity index (χ0v) is 33.2. The minimum atomic E-state index is -1.31. The minimum Gasteiger partial charge on any atom is -0.508 e. The van der Waals surface area contributed by atoms with Crippen molar-refractivity contribution in [1.82, 2.24) is 36.6 Å². The quantitative estimate of drug-likeness (QED) is 0.0504. The fourth-order valence-corrected chi connectivity index (χ4v) is 6.14. The highest BCUT2D eigenvalue weighted by Crippen LogP contribution is 2.14. The second kappa shape index (κ2) is 25.4. The minimum absolute atomic E-state index is 0.0169. The zero-order chi connectivity index (χ0) is 41.6. The van der Waals surface area contributed by atoms with Gasteiger partial charge in [0.05, 0.1) is 12.4 Å². The highest BCUT2D eigenvalue weighted by molar-refractivity contribution is 7.98. The molecule has 5 amide bonds. The van der Waals surface area contributed by atoms with E-state index in [1.54, 1.807) is 26.0 Å². The van der Waals surface area contributed by atoms with Crippen LogP contribution in [0.15, 0.2) is 36.8 Å². The number of phenolic OH excluding ortho intramolecular Hbond substituents is 1. The number of aromatic amines is 1. The van der Waals surface area contributed by atoms with Gasteiger partial charge in [0.25, 0.3) is 0 Å². The van der Waals surface area contributed by atoms with Crippen LogP contribution in [0.3, 0.4) is 0 Å². The summed E-state index contributed by atoms with van der Waals surface area (Å²) in [6, 6.07) is -0.893. The molecule has 0 radical (unpaired) electrons. The SMILES string of the molecule is CSCC[C@H](NC(=O)[C@@H](NC(=O)[C@H](Cc1ccc(O)cc1)NC(=O)[C@H](Cc1cnc[nH]1)NC(=O)[C@H](CCCCN)NC(=O)[C@@H](N)CCCCN)C(C)C)C(=O)O. The molecule has 56 heavy (non-hydrogen) atoms. The van der Waals surface area contributed by atoms with Gasteiger partial charge in [-0.1, -0.05) is 32.4 Å². The zero-order valence-electron chi connectivity index (χ0n) is 32.4. The van der Waals surface area contributed by atoms with E-state index in [9.17, 15) is 39.0 Å². The van der Waals surface area contributed by atoms with Crippen molar-refractivity contribution < 1.29 is 39.0 Å². The molecule has 2 rings (SSSR count). The number of nitrogens with one attached hydrogen (secondary N) is 6. The molecule has 0 spiro atoms. The van der Waals surface area contributed by atoms with Crippen molar-refractivity contribution in [3.05, 3.63) is 48.0 Å². The average Bonchev–Trinajstić information content (AvgIpc) is 3.68. The van der Waals surface area contributed by atoms with E-state index in [2.05, 4.69) is 36.6 Å². The van der Waals surface area contributed by atoms with Crippen molar-refractivity contribution >= 4 is 47.3 Å². The Labute approximate surface area is 332 Å². The number of aromatic nitrogens is 2. The van der Waals surface area contributed by atoms with Gasteiger partial charge in [-0.05, 0) is 87.2 Å². The van der Waals surface area contributed by atoms with E-state index >= 15 is 0 Å². The maximum absolute atomic E-state index is 14.1. The van der Waals surface area contributed by atoms with Gasteiger partial charge in [-0.3, -0.25) is 24.0 Å². The van der Waals surface area contributed by atoms with Gasteiger partial charge in [0, 0.05) is 24.7 Å². The average molecular weight is 805 g/mol. The molecule has 1 aromatic carbocycles. The first-order valence-electron chi connectivity index (χ1n) is 18.8. The molecular formula is C37H60N10O8S. The third-order valence-electron chi connectivity index (χ3n) is 8.98. The summed E-state index contributed by atoms with van der Waals surface area (Å²) in [5.41, 5.74) is 18.4. The van der Waals surface area contributed by atoms with Gasteiger partial charge in [0.15, 0.2) is 0 Å². The van der Waals surface area contributed by atoms with E-state index in [4.69, 9.17) is 17.2 Å². The Morgan fingerprint density at radius 2 is 1.29 bits per heavy atom. The number of carboxylic acids is 1. The molecule has 18 nitrogen and oxygen atoms in total. The number of hydrogen-bond donors (Lipinski definition) is 11. The number of hydrogen-bond acceptors (Lipinski definition) is 12. The van der Waals surface area contributed by atoms with Crippen molar-refractivity contribution in [1.29, 1.82) is 0 Å². The van der Waals surface area contributed by atoms with E-state index in [1.807, 2.05) is 6.26 Å². The van der Waals surface area contributed by atoms with Crippen molar-refractivity contribution in [2.75, 3.05) is 25.1 Å². The molecule has 0 saturated heterocycles. The van der Waals surface area contributed by atoms with Crippen LogP contribution in [0.5, 0.6) is 5.75 Å². The molecule has 6 atom stereocenters. The molecule has 312 valence electrons. The van der Waals surface area contributed by atoms with Gasteiger partial charge in [-0.15, -0.1) is 0 Å². The van der Waals surface area contributed by atoms with E-state index < -0.39 is 77.7 Å². The van der Waals surface area contributed by atoms with Gasteiger partial charge < -0.3 is 59.0 Å². The van der Waals surface area contributed by atoms with Crippen LogP contribution in [0.1, 0.15) is 70.1 Å². The fraction of sp³-hybridized carbons (Fsp3) is 0.595. The number of rotatable bonds is 27. The molecule has 0 unspecified atom stereocenters. The van der Waals surface area contributed by atoms with Crippen molar-refractivity contribution in [2.24, 2.45) is 23.1 Å². The molecule has 2 aromatic rings. The number of unbranched alkanes of at least 4 members (excludes halogenated alkanes) is 2. The molecule has 0 aliphatic carbocycles. The van der Waals surface area contributed by atoms with E-state index in [1.165, 1.54) is 36.4 Å². The highest BCUT2D eigenvalue weighted by atomic mass is 32.2. The normalized spacial score (nSPS) is 14.4. The smallest absolute Gasteiger partial charge is 0.326 e. The lowest BCUT2D eigenvalue weighted by Gasteiger charge is -2.28. The topological polar surface area (TPSA) is 310 Å². The lowest BCUT2D eigenvalue weighted by molar-refractivity contribution is -0.142. The highest BCUT2D eigenvalue weighted by Gasteiger charge is 2.34. The standard InChI is InChI=1S/C37H60N10O8S/c1-22(2)31(36(53)44-28(37(54)55)14-17-56-3)47-35(52)29(18-23-10-12-25(48)13-11-23)45-34(51)30(19-24-20-41-21-42-24)46-33(50)27(9-5-7-16-39)43-32(49)26(40)8-4-6-15-38/h10-13,20-22,26-31,48H,4-9,14-19,38-40H2,1-3H3,(H,41,42)(H,43,49)(H,44,53)(H,45,51)(H,46,50)(H,47,52)(H,54,55)/t26-,27-,28-,29-,30-,31-/m0/s1. The number of amides is 5. The summed E-state index contributed by atoms with van der Waals surface area (Å²) in [7, 11) is 0. The van der Waals surface area contributed by atoms with Crippen molar-refractivity contribution in [2.45, 2.75) is 108 Å². The first-order chi connectivity index (χ1) is 26.7. The third kappa shape index (κ3) is 17.0. The lowest BCUT2D eigenvalue weighted by atomic mass is 10.00. The van der Waals surface area contributed by atoms with Crippen molar-refractivity contribution in [3.63, 3.8) is 0 Å². The van der Waals surface area contributed by atoms with Gasteiger partial charge >= 0.3 is 5.97 Å². The van der Waals surface area contributed by atoms with Crippen LogP contribution in [0.2, 0.25) is 0 Å². The van der Waals surface area contributed by atoms with E-state index in [-0.39, 0.29) is 31.4 Å². The number of imidazole rings is 1. The number of nitrogens with zero attached hydrogens (tertiary/aromatic N) is 1. The molecule has 0 fully saturated rings. The molecule has 1 heterocycles. The molecule has 0 aliphatic heterocycles. The molecule has 0 saturated carbocycles. The molecule has 19 heteroatoms. The van der Waals surface area contributed by atoms with Gasteiger partial charge in [0.1, 0.15) is 36.0 Å². The number of H-pyrrole nitrogens is 1. The fourth-order valence-electron chi connectivity index (χ4n) is 5.67. The van der Waals surface area contributed by atoms with Crippen LogP contribution < -0.4 is 43.8 Å². The summed E-state index contributed by atoms with van der Waals surface area (Å²) in [5.74, 6) is -4.63. The van der Waals surface area contributed by atoms with Crippen molar-refractivity contribution in [3.8, 4) is 5.75 Å². The predicted octanol–water partition coefficient (Wildman–Crippen LogP) is -0.596. The third-order valence-corrected chi connectivity index (χ3v) is 9.62. The van der Waals surface area contributed by atoms with E-state index in [0.717, 1.165) is 0 Å². The first-order valence-corrected chi connectivity index (χ1v) is 20.2. The Bertz CT molecular complexity index is 1530. The van der Waals surface area contributed by atoms with Crippen LogP contribution in [-0.4, -0.2) is 117 Å². The second-order valence-electron chi connectivity index (χ2n) is 13.9. The number of thioether (sulfide) groups is 1. The van der Waals surface area contributed by atoms with Crippen LogP contribution in [0.25, 0.3) is 0 Å². The Kier molecular flexibility index (Phi) is 21.5. The molecule has 0 aliphatic rings. The van der Waals surface area contributed by atoms with Gasteiger partial charge in [0.2, 0.25) is 29.5 Å². The van der Waals surface area contributed by atoms with Crippen LogP contribution in [0.4, 0.5) is 0 Å². The summed E-state index contributed by atoms with van der Waals surface area (Å²) >= 11 is 1.43. The van der Waals surface area contributed by atoms with Gasteiger partial charge in [-0.2, -0.15) is 11.8 Å². The largest absolute Gasteiger partial charge is 0.508 e. The van der Waals surface area contributed by atoms with E-state index in [0.29, 0.717) is 62.2 Å². The Morgan fingerprint density at radius 1 is 0.732 bits per heavy atom. The Balaban J connectivity index is 2.40. The maximum atomic E-state index is 14.1. The number of aromatic hydroxyl groups is 1. The maximum Gasteiger partial charge on any atom is 0.326 e. The van der Waals surface area contributed by atoms with Crippen LogP contribution in [-0.2, 0) is 41.6 Å². The molecular weight excluding hydrogens is 745 g/mol. The number of nitrogens with two attached hydrogens (primary N) is 3. The number of aliphatic carboxylic acids is 1. The molecule has 0 bridgehead atoms. The summed E-state index contributed by atoms with van der Waals surface area (Å²) in [6.45, 7) is 4.19. The predicted molar refractivity (Wildman–Crippen MR) is 213 cm³/mol. The molecule has 14 N–H and O–H groups in total. The number of benzene rings is 1. The second-order valence-corrected chi connectivity index (χ2v) is 14.9. The number of carboxylic acid groups (broad SMARTS) is 1. The number of carbonyl (C=O) groups is 6. The monoisotopic (exact) mass is 804 g/mol. The lowest BCUT2D eigenvalue weighted by Crippen LogP contribution is -2.60. The summed E-state index contributed by atoms with van der Waals surface area (Å²) in [5, 5.41) is 32.9. The van der Waals surface area contributed by atoms with Gasteiger partial charge in [-0.25, -0.2) is 9.78 Å². The Hall–Kier alpha value is -4.72. The van der Waals surface area contributed by atoms with Crippen LogP contribution >= 0.6 is 11.8 Å².